The zero-order chi connectivity index (χ0) is 52.4. The van der Waals surface area contributed by atoms with E-state index in [1.54, 1.807) is 0 Å². The number of anilines is 3. The number of rotatable bonds is 9. The van der Waals surface area contributed by atoms with Crippen LogP contribution in [0.5, 0.6) is 0 Å². The Morgan fingerprint density at radius 3 is 1.97 bits per heavy atom. The van der Waals surface area contributed by atoms with E-state index in [4.69, 9.17) is 8.83 Å². The van der Waals surface area contributed by atoms with Crippen LogP contribution in [-0.4, -0.2) is 0 Å². The first-order valence-corrected chi connectivity index (χ1v) is 27.0. The van der Waals surface area contributed by atoms with Gasteiger partial charge >= 0.3 is 0 Å². The van der Waals surface area contributed by atoms with Crippen LogP contribution >= 0.6 is 0 Å². The van der Waals surface area contributed by atoms with Crippen LogP contribution < -0.4 is 9.80 Å². The van der Waals surface area contributed by atoms with Crippen molar-refractivity contribution < 1.29 is 8.83 Å². The van der Waals surface area contributed by atoms with Crippen molar-refractivity contribution >= 4 is 73.4 Å². The maximum atomic E-state index is 7.23. The third-order valence-corrected chi connectivity index (χ3v) is 14.8. The highest BCUT2D eigenvalue weighted by Gasteiger charge is 2.34. The minimum atomic E-state index is -0.152. The summed E-state index contributed by atoms with van der Waals surface area (Å²) in [5, 5.41) is 3.44. The van der Waals surface area contributed by atoms with Crippen LogP contribution in [-0.2, 0) is 18.3 Å². The van der Waals surface area contributed by atoms with Crippen molar-refractivity contribution in [3.63, 3.8) is 0 Å². The van der Waals surface area contributed by atoms with Crippen molar-refractivity contribution in [3.8, 4) is 0 Å². The molecule has 0 amide bonds. The smallest absolute Gasteiger partial charge is 0.159 e. The summed E-state index contributed by atoms with van der Waals surface area (Å²) in [5.74, 6) is 0.973. The van der Waals surface area contributed by atoms with E-state index in [-0.39, 0.29) is 16.9 Å². The number of fused-ring (bicyclic) bond motifs is 5. The fourth-order valence-electron chi connectivity index (χ4n) is 12.0. The van der Waals surface area contributed by atoms with Crippen molar-refractivity contribution in [1.82, 2.24) is 0 Å². The highest BCUT2D eigenvalue weighted by molar-refractivity contribution is 6.11. The molecule has 0 fully saturated rings. The molecule has 4 heteroatoms. The molecule has 376 valence electrons. The molecule has 0 saturated heterocycles. The van der Waals surface area contributed by atoms with E-state index in [9.17, 15) is 0 Å². The summed E-state index contributed by atoms with van der Waals surface area (Å²) in [6.07, 6.45) is 21.2. The summed E-state index contributed by atoms with van der Waals surface area (Å²) in [5.41, 5.74) is 24.6. The molecule has 2 aromatic heterocycles. The van der Waals surface area contributed by atoms with Gasteiger partial charge in [-0.05, 0) is 157 Å². The normalized spacial score (nSPS) is 14.7. The average Bonchev–Trinajstić information content (AvgIpc) is 3.69. The first kappa shape index (κ1) is 50.2. The van der Waals surface area contributed by atoms with E-state index in [1.165, 1.54) is 77.9 Å². The Labute approximate surface area is 440 Å². The molecule has 6 aromatic carbocycles. The van der Waals surface area contributed by atoms with Gasteiger partial charge in [0.1, 0.15) is 16.9 Å². The summed E-state index contributed by atoms with van der Waals surface area (Å²) < 4.78 is 14.4. The minimum absolute atomic E-state index is 0.0847. The molecule has 0 aliphatic heterocycles. The molecule has 74 heavy (non-hydrogen) atoms. The maximum Gasteiger partial charge on any atom is 0.159 e. The van der Waals surface area contributed by atoms with Gasteiger partial charge in [-0.25, -0.2) is 0 Å². The molecule has 0 spiro atoms. The lowest BCUT2D eigenvalue weighted by molar-refractivity contribution is 0.408. The van der Waals surface area contributed by atoms with Gasteiger partial charge in [-0.1, -0.05) is 171 Å². The fourth-order valence-corrected chi connectivity index (χ4v) is 12.0. The van der Waals surface area contributed by atoms with Crippen LogP contribution in [0.1, 0.15) is 149 Å². The monoisotopic (exact) mass is 975 g/mol. The number of allylic oxidation sites excluding steroid dienone is 8. The van der Waals surface area contributed by atoms with Crippen LogP contribution in [0.4, 0.5) is 17.1 Å². The van der Waals surface area contributed by atoms with E-state index >= 15 is 0 Å². The molecule has 1 unspecified atom stereocenters. The number of nitrogens with zero attached hydrogens (tertiary/aromatic N) is 2. The molecule has 3 aliphatic carbocycles. The molecule has 11 rings (SSSR count). The van der Waals surface area contributed by atoms with E-state index in [1.807, 2.05) is 13.8 Å². The number of aryl methyl sites for hydroxylation is 4. The number of furan rings is 2. The molecule has 2 heterocycles. The minimum Gasteiger partial charge on any atom is -0.458 e. The molecule has 0 radical (unpaired) electrons. The lowest BCUT2D eigenvalue weighted by Crippen LogP contribution is -2.26. The molecule has 1 atom stereocenters. The maximum absolute atomic E-state index is 7.23. The highest BCUT2D eigenvalue weighted by Crippen LogP contribution is 2.49. The number of benzene rings is 6. The van der Waals surface area contributed by atoms with Gasteiger partial charge in [-0.3, -0.25) is 0 Å². The highest BCUT2D eigenvalue weighted by atomic mass is 16.3. The molecule has 4 nitrogen and oxygen atoms in total. The van der Waals surface area contributed by atoms with Crippen molar-refractivity contribution in [1.29, 1.82) is 0 Å². The fraction of sp³-hybridized carbons (Fsp3) is 0.286. The zero-order valence-electron chi connectivity index (χ0n) is 46.3. The molecular weight excluding hydrogens is 901 g/mol. The largest absolute Gasteiger partial charge is 0.458 e. The van der Waals surface area contributed by atoms with Crippen LogP contribution in [0, 0.1) is 33.1 Å². The van der Waals surface area contributed by atoms with Crippen LogP contribution in [0.3, 0.4) is 0 Å². The summed E-state index contributed by atoms with van der Waals surface area (Å²) in [4.78, 5) is 5.02. The van der Waals surface area contributed by atoms with Crippen molar-refractivity contribution in [3.05, 3.63) is 218 Å². The third-order valence-electron chi connectivity index (χ3n) is 14.8. The van der Waals surface area contributed by atoms with Gasteiger partial charge in [0.05, 0.1) is 11.7 Å². The topological polar surface area (TPSA) is 32.8 Å². The number of hydrogen-bond donors (Lipinski definition) is 0. The Kier molecular flexibility index (Phi) is 13.3. The van der Waals surface area contributed by atoms with Gasteiger partial charge in [0.25, 0.3) is 0 Å². The lowest BCUT2D eigenvalue weighted by Gasteiger charge is -2.35. The first-order valence-electron chi connectivity index (χ1n) is 27.0. The van der Waals surface area contributed by atoms with Crippen LogP contribution in [0.2, 0.25) is 0 Å². The lowest BCUT2D eigenvalue weighted by atomic mass is 9.86. The zero-order valence-corrected chi connectivity index (χ0v) is 46.3. The van der Waals surface area contributed by atoms with Gasteiger partial charge < -0.3 is 18.6 Å². The summed E-state index contributed by atoms with van der Waals surface area (Å²) in [7, 11) is 0. The summed E-state index contributed by atoms with van der Waals surface area (Å²) >= 11 is 0. The predicted molar refractivity (Wildman–Crippen MR) is 319 cm³/mol. The van der Waals surface area contributed by atoms with Crippen molar-refractivity contribution in [2.75, 3.05) is 9.80 Å². The van der Waals surface area contributed by atoms with Crippen LogP contribution in [0.25, 0.3) is 56.3 Å². The van der Waals surface area contributed by atoms with E-state index in [0.29, 0.717) is 0 Å². The first-order chi connectivity index (χ1) is 35.4. The molecular formula is C70H74N2O2. The molecule has 0 N–H and O–H groups in total. The Balaban J connectivity index is 0.00000309. The summed E-state index contributed by atoms with van der Waals surface area (Å²) in [6.45, 7) is 31.0. The quantitative estimate of drug-likeness (QED) is 0.144. The van der Waals surface area contributed by atoms with Gasteiger partial charge in [-0.2, -0.15) is 0 Å². The van der Waals surface area contributed by atoms with E-state index in [2.05, 4.69) is 245 Å². The van der Waals surface area contributed by atoms with Gasteiger partial charge in [0, 0.05) is 62.0 Å². The van der Waals surface area contributed by atoms with E-state index < -0.39 is 0 Å². The van der Waals surface area contributed by atoms with Crippen molar-refractivity contribution in [2.45, 2.75) is 128 Å². The molecule has 2 bridgehead atoms. The predicted octanol–water partition coefficient (Wildman–Crippen LogP) is 20.1. The summed E-state index contributed by atoms with van der Waals surface area (Å²) in [6, 6.07) is 38.4. The Morgan fingerprint density at radius 2 is 1.30 bits per heavy atom. The Bertz CT molecular complexity index is 3670. The number of para-hydroxylation sites is 3. The molecule has 8 aromatic rings. The standard InChI is InChI=1S/C68H68N2O2.C2H6/c1-13-18-52-53-21-14-20-49(40-67(7,8)9)64(53)71-63(52)45(6)69(50-35-41(2)33-42(3)36-50)60-25-15-19-47-27-28-48-39-57-46(29-31-56(60)62(47)57)30-32-59(48)70(51-37-43(4)34-44(5)38-51)61-26-17-23-55-54-22-16-24-58(68(10,11)12)65(54)72-66(55)61;1-2/h13-14,16-38,45H,15,39-40H2,1-12H3;1-2H3/b18-13-;. The van der Waals surface area contributed by atoms with Gasteiger partial charge in [-0.15, -0.1) is 0 Å². The SMILES string of the molecule is C/C=C\c1c(C(C)N(C2=CCC=C3C=CC4=C(N(c5cc(C)cc(C)c5)c5cccc6c5oc5c(C(C)(C)C)cccc56)C=Cc5ccc2c3c5C4)c2cc(C)cc(C)c2)oc2c(CC(C)(C)C)cccc12.CC. The van der Waals surface area contributed by atoms with Gasteiger partial charge in [0.15, 0.2) is 5.58 Å². The average molecular weight is 975 g/mol. The molecule has 0 saturated carbocycles. The van der Waals surface area contributed by atoms with Gasteiger partial charge in [0.2, 0.25) is 0 Å². The van der Waals surface area contributed by atoms with Crippen molar-refractivity contribution in [2.24, 2.45) is 5.41 Å². The second-order valence-corrected chi connectivity index (χ2v) is 23.0. The second kappa shape index (κ2) is 19.5. The Morgan fingerprint density at radius 1 is 0.649 bits per heavy atom. The second-order valence-electron chi connectivity index (χ2n) is 23.0. The van der Waals surface area contributed by atoms with E-state index in [0.717, 1.165) is 80.9 Å². The third kappa shape index (κ3) is 9.12. The Hall–Kier alpha value is -7.30. The number of hydrogen-bond acceptors (Lipinski definition) is 4. The molecule has 3 aliphatic rings. The van der Waals surface area contributed by atoms with Crippen LogP contribution in [0.15, 0.2) is 160 Å².